The van der Waals surface area contributed by atoms with Crippen LogP contribution in [0, 0.1) is 0 Å². The van der Waals surface area contributed by atoms with Crippen molar-refractivity contribution in [1.82, 2.24) is 9.38 Å². The summed E-state index contributed by atoms with van der Waals surface area (Å²) in [5.41, 5.74) is 1.76. The van der Waals surface area contributed by atoms with E-state index in [2.05, 4.69) is 20.9 Å². The molecule has 0 aromatic carbocycles. The van der Waals surface area contributed by atoms with Gasteiger partial charge in [-0.25, -0.2) is 4.98 Å². The van der Waals surface area contributed by atoms with E-state index < -0.39 is 0 Å². The van der Waals surface area contributed by atoms with Gasteiger partial charge in [0.25, 0.3) is 0 Å². The van der Waals surface area contributed by atoms with E-state index in [0.29, 0.717) is 10.5 Å². The minimum Gasteiger partial charge on any atom is -0.290 e. The van der Waals surface area contributed by atoms with Gasteiger partial charge >= 0.3 is 0 Å². The summed E-state index contributed by atoms with van der Waals surface area (Å²) in [5.74, 6) is 0. The monoisotopic (exact) mass is 244 g/mol. The topological polar surface area (TPSA) is 17.3 Å². The average molecular weight is 246 g/mol. The highest BCUT2D eigenvalue weighted by Crippen LogP contribution is 2.19. The molecule has 2 aromatic heterocycles. The molecule has 0 fully saturated rings. The molecule has 2 aromatic rings. The molecule has 0 aliphatic carbocycles. The van der Waals surface area contributed by atoms with Crippen molar-refractivity contribution in [2.75, 3.05) is 0 Å². The van der Waals surface area contributed by atoms with E-state index in [1.807, 2.05) is 28.8 Å². The van der Waals surface area contributed by atoms with Gasteiger partial charge in [0.05, 0.1) is 5.69 Å². The maximum atomic E-state index is 6.03. The summed E-state index contributed by atoms with van der Waals surface area (Å²) in [5, 5.41) is 1.37. The number of hydrogen-bond acceptors (Lipinski definition) is 1. The van der Waals surface area contributed by atoms with Crippen LogP contribution in [0.5, 0.6) is 0 Å². The Labute approximate surface area is 83.3 Å². The Morgan fingerprint density at radius 3 is 3.00 bits per heavy atom. The number of fused-ring (bicyclic) bond motifs is 1. The van der Waals surface area contributed by atoms with Gasteiger partial charge in [0.1, 0.15) is 10.8 Å². The van der Waals surface area contributed by atoms with Gasteiger partial charge in [0.15, 0.2) is 0 Å². The molecule has 2 nitrogen and oxygen atoms in total. The minimum atomic E-state index is 0.683. The molecule has 2 heterocycles. The number of nitrogens with zero attached hydrogens (tertiary/aromatic N) is 2. The van der Waals surface area contributed by atoms with Crippen LogP contribution in [-0.4, -0.2) is 9.38 Å². The van der Waals surface area contributed by atoms with Gasteiger partial charge in [-0.3, -0.25) is 4.40 Å². The Hall–Kier alpha value is -0.540. The molecule has 0 unspecified atom stereocenters. The third-order valence-corrected chi connectivity index (χ3v) is 2.60. The Morgan fingerprint density at radius 2 is 2.33 bits per heavy atom. The fourth-order valence-corrected chi connectivity index (χ4v) is 1.90. The van der Waals surface area contributed by atoms with Gasteiger partial charge in [-0.05, 0) is 12.1 Å². The highest BCUT2D eigenvalue weighted by Gasteiger charge is 2.06. The lowest BCUT2D eigenvalue weighted by Gasteiger charge is -1.91. The number of imidazole rings is 1. The maximum absolute atomic E-state index is 6.03. The second-order valence-electron chi connectivity index (χ2n) is 2.41. The predicted octanol–water partition coefficient (Wildman–Crippen LogP) is 2.88. The molecule has 12 heavy (non-hydrogen) atoms. The van der Waals surface area contributed by atoms with Crippen molar-refractivity contribution < 1.29 is 0 Å². The molecule has 0 amide bonds. The molecule has 0 radical (unpaired) electrons. The molecular weight excluding hydrogens is 239 g/mol. The van der Waals surface area contributed by atoms with Crippen molar-refractivity contribution in [3.63, 3.8) is 0 Å². The summed E-state index contributed by atoms with van der Waals surface area (Å²) >= 11 is 9.35. The van der Waals surface area contributed by atoms with E-state index in [4.69, 9.17) is 11.6 Å². The molecule has 62 valence electrons. The standard InChI is InChI=1S/C8H6BrClN2/c9-5-6-8(10)12-4-2-1-3-7(12)11-6/h1-4H,5H2. The van der Waals surface area contributed by atoms with E-state index in [-0.39, 0.29) is 0 Å². The van der Waals surface area contributed by atoms with Crippen molar-refractivity contribution in [2.45, 2.75) is 5.33 Å². The van der Waals surface area contributed by atoms with Crippen LogP contribution in [0.3, 0.4) is 0 Å². The molecule has 0 aliphatic rings. The highest BCUT2D eigenvalue weighted by atomic mass is 79.9. The Bertz CT molecular complexity index is 410. The Kier molecular flexibility index (Phi) is 2.07. The highest BCUT2D eigenvalue weighted by molar-refractivity contribution is 9.08. The van der Waals surface area contributed by atoms with Crippen LogP contribution >= 0.6 is 27.5 Å². The summed E-state index contributed by atoms with van der Waals surface area (Å²) in [6.07, 6.45) is 1.90. The minimum absolute atomic E-state index is 0.683. The van der Waals surface area contributed by atoms with E-state index in [1.54, 1.807) is 0 Å². The number of hydrogen-bond donors (Lipinski definition) is 0. The van der Waals surface area contributed by atoms with Gasteiger partial charge in [-0.15, -0.1) is 0 Å². The van der Waals surface area contributed by atoms with Crippen molar-refractivity contribution in [2.24, 2.45) is 0 Å². The molecule has 0 bridgehead atoms. The molecule has 2 rings (SSSR count). The summed E-state index contributed by atoms with van der Waals surface area (Å²) in [4.78, 5) is 4.31. The normalized spacial score (nSPS) is 10.8. The number of alkyl halides is 1. The zero-order valence-electron chi connectivity index (χ0n) is 6.17. The number of aromatic nitrogens is 2. The molecule has 0 aliphatic heterocycles. The first-order valence-corrected chi connectivity index (χ1v) is 5.00. The fourth-order valence-electron chi connectivity index (χ4n) is 1.10. The number of pyridine rings is 1. The van der Waals surface area contributed by atoms with E-state index in [9.17, 15) is 0 Å². The van der Waals surface area contributed by atoms with Gasteiger partial charge in [-0.1, -0.05) is 33.6 Å². The lowest BCUT2D eigenvalue weighted by Crippen LogP contribution is -1.81. The van der Waals surface area contributed by atoms with Crippen LogP contribution in [0.4, 0.5) is 0 Å². The number of halogens is 2. The number of rotatable bonds is 1. The van der Waals surface area contributed by atoms with Crippen LogP contribution in [0.2, 0.25) is 5.15 Å². The Balaban J connectivity index is 2.78. The van der Waals surface area contributed by atoms with Crippen molar-refractivity contribution in [3.05, 3.63) is 35.2 Å². The largest absolute Gasteiger partial charge is 0.290 e. The van der Waals surface area contributed by atoms with E-state index in [0.717, 1.165) is 11.3 Å². The fraction of sp³-hybridized carbons (Fsp3) is 0.125. The zero-order valence-corrected chi connectivity index (χ0v) is 8.51. The SMILES string of the molecule is Clc1c(CBr)nc2ccccn12. The van der Waals surface area contributed by atoms with Crippen LogP contribution in [-0.2, 0) is 5.33 Å². The first kappa shape index (κ1) is 8.08. The van der Waals surface area contributed by atoms with Crippen LogP contribution in [0.1, 0.15) is 5.69 Å². The van der Waals surface area contributed by atoms with E-state index >= 15 is 0 Å². The van der Waals surface area contributed by atoms with Crippen molar-refractivity contribution in [1.29, 1.82) is 0 Å². The van der Waals surface area contributed by atoms with E-state index in [1.165, 1.54) is 0 Å². The van der Waals surface area contributed by atoms with Crippen LogP contribution in [0.15, 0.2) is 24.4 Å². The van der Waals surface area contributed by atoms with Gasteiger partial charge in [0, 0.05) is 11.5 Å². The summed E-state index contributed by atoms with van der Waals surface area (Å²) in [6.45, 7) is 0. The molecule has 0 saturated heterocycles. The van der Waals surface area contributed by atoms with Gasteiger partial charge < -0.3 is 0 Å². The molecule has 0 spiro atoms. The quantitative estimate of drug-likeness (QED) is 0.706. The first-order chi connectivity index (χ1) is 5.83. The Morgan fingerprint density at radius 1 is 1.50 bits per heavy atom. The first-order valence-electron chi connectivity index (χ1n) is 3.50. The summed E-state index contributed by atoms with van der Waals surface area (Å²) in [7, 11) is 0. The van der Waals surface area contributed by atoms with Crippen molar-refractivity contribution in [3.8, 4) is 0 Å². The lowest BCUT2D eigenvalue weighted by atomic mass is 10.5. The lowest BCUT2D eigenvalue weighted by molar-refractivity contribution is 1.18. The predicted molar refractivity (Wildman–Crippen MR) is 52.8 cm³/mol. The zero-order chi connectivity index (χ0) is 8.55. The molecule has 0 saturated carbocycles. The second kappa shape index (κ2) is 3.07. The van der Waals surface area contributed by atoms with Gasteiger partial charge in [-0.2, -0.15) is 0 Å². The second-order valence-corrected chi connectivity index (χ2v) is 3.33. The molecule has 4 heteroatoms. The summed E-state index contributed by atoms with van der Waals surface area (Å²) < 4.78 is 1.86. The van der Waals surface area contributed by atoms with Crippen LogP contribution in [0.25, 0.3) is 5.65 Å². The summed E-state index contributed by atoms with van der Waals surface area (Å²) in [6, 6.07) is 5.80. The van der Waals surface area contributed by atoms with Gasteiger partial charge in [0.2, 0.25) is 0 Å². The van der Waals surface area contributed by atoms with Crippen LogP contribution < -0.4 is 0 Å². The maximum Gasteiger partial charge on any atom is 0.138 e. The van der Waals surface area contributed by atoms with Crippen molar-refractivity contribution >= 4 is 33.2 Å². The smallest absolute Gasteiger partial charge is 0.138 e. The molecule has 0 atom stereocenters. The third kappa shape index (κ3) is 1.13. The third-order valence-electron chi connectivity index (χ3n) is 1.66. The molecule has 0 N–H and O–H groups in total. The average Bonchev–Trinajstić information content (AvgIpc) is 2.44. The molecular formula is C8H6BrClN2.